The Morgan fingerprint density at radius 2 is 1.62 bits per heavy atom. The highest BCUT2D eigenvalue weighted by molar-refractivity contribution is 5.69. The summed E-state index contributed by atoms with van der Waals surface area (Å²) in [5, 5.41) is 4.69. The summed E-state index contributed by atoms with van der Waals surface area (Å²) in [6.45, 7) is 3.14. The third-order valence-electron chi connectivity index (χ3n) is 5.58. The van der Waals surface area contributed by atoms with Crippen LogP contribution in [0.4, 0.5) is 0 Å². The standard InChI is InChI=1S/C23H23N3/c1-2-10-21(11-3-1)26-23-12-6-9-18(22(23)15-24-26)13-14-25-16-19-7-4-5-8-20(19)17-25/h1-5,7-8,10-11,13,15H,6,9,12,14,16-17H2. The van der Waals surface area contributed by atoms with Crippen LogP contribution in [0.5, 0.6) is 0 Å². The molecule has 0 bridgehead atoms. The summed E-state index contributed by atoms with van der Waals surface area (Å²) < 4.78 is 2.12. The lowest BCUT2D eigenvalue weighted by Gasteiger charge is -2.19. The second kappa shape index (κ2) is 6.58. The monoisotopic (exact) mass is 341 g/mol. The Morgan fingerprint density at radius 3 is 2.38 bits per heavy atom. The van der Waals surface area contributed by atoms with Crippen LogP contribution in [-0.4, -0.2) is 21.2 Å². The quantitative estimate of drug-likeness (QED) is 0.694. The Bertz CT molecular complexity index is 928. The Balaban J connectivity index is 1.38. The summed E-state index contributed by atoms with van der Waals surface area (Å²) in [7, 11) is 0. The van der Waals surface area contributed by atoms with Crippen LogP contribution in [0.2, 0.25) is 0 Å². The minimum absolute atomic E-state index is 1.01. The summed E-state index contributed by atoms with van der Waals surface area (Å²) >= 11 is 0. The Kier molecular flexibility index (Phi) is 3.95. The molecule has 2 heterocycles. The predicted octanol–water partition coefficient (Wildman–Crippen LogP) is 4.61. The highest BCUT2D eigenvalue weighted by atomic mass is 15.3. The molecule has 130 valence electrons. The van der Waals surface area contributed by atoms with Gasteiger partial charge < -0.3 is 0 Å². The lowest BCUT2D eigenvalue weighted by Crippen LogP contribution is -2.17. The van der Waals surface area contributed by atoms with Gasteiger partial charge in [-0.3, -0.25) is 4.90 Å². The Morgan fingerprint density at radius 1 is 0.885 bits per heavy atom. The largest absolute Gasteiger partial charge is 0.291 e. The normalized spacial score (nSPS) is 18.1. The first-order chi connectivity index (χ1) is 12.9. The van der Waals surface area contributed by atoms with Gasteiger partial charge in [0.2, 0.25) is 0 Å². The topological polar surface area (TPSA) is 21.1 Å². The molecule has 0 unspecified atom stereocenters. The molecule has 1 aliphatic heterocycles. The second-order valence-corrected chi connectivity index (χ2v) is 7.27. The minimum Gasteiger partial charge on any atom is -0.291 e. The van der Waals surface area contributed by atoms with Gasteiger partial charge in [-0.2, -0.15) is 5.10 Å². The zero-order valence-corrected chi connectivity index (χ0v) is 14.9. The van der Waals surface area contributed by atoms with Gasteiger partial charge >= 0.3 is 0 Å². The first-order valence-electron chi connectivity index (χ1n) is 9.49. The summed E-state index contributed by atoms with van der Waals surface area (Å²) in [4.78, 5) is 2.52. The van der Waals surface area contributed by atoms with Gasteiger partial charge in [-0.1, -0.05) is 48.5 Å². The number of allylic oxidation sites excluding steroid dienone is 1. The first kappa shape index (κ1) is 15.6. The number of aromatic nitrogens is 2. The highest BCUT2D eigenvalue weighted by Gasteiger charge is 2.21. The average Bonchev–Trinajstić information content (AvgIpc) is 3.31. The van der Waals surface area contributed by atoms with Crippen molar-refractivity contribution in [3.63, 3.8) is 0 Å². The van der Waals surface area contributed by atoms with Crippen LogP contribution in [-0.2, 0) is 19.5 Å². The van der Waals surface area contributed by atoms with Gasteiger partial charge in [-0.05, 0) is 48.1 Å². The van der Waals surface area contributed by atoms with Crippen molar-refractivity contribution in [3.8, 4) is 5.69 Å². The summed E-state index contributed by atoms with van der Waals surface area (Å²) in [6, 6.07) is 19.3. The van der Waals surface area contributed by atoms with Crippen molar-refractivity contribution in [1.82, 2.24) is 14.7 Å². The fraction of sp³-hybridized carbons (Fsp3) is 0.261. The molecule has 2 aliphatic rings. The van der Waals surface area contributed by atoms with Crippen molar-refractivity contribution in [2.24, 2.45) is 0 Å². The van der Waals surface area contributed by atoms with E-state index < -0.39 is 0 Å². The molecule has 2 aromatic carbocycles. The molecule has 0 fully saturated rings. The molecular formula is C23H23N3. The lowest BCUT2D eigenvalue weighted by molar-refractivity contribution is 0.317. The van der Waals surface area contributed by atoms with E-state index in [1.165, 1.54) is 34.4 Å². The fourth-order valence-electron chi connectivity index (χ4n) is 4.24. The van der Waals surface area contributed by atoms with Crippen LogP contribution in [0.25, 0.3) is 11.3 Å². The van der Waals surface area contributed by atoms with Crippen LogP contribution < -0.4 is 0 Å². The Hall–Kier alpha value is -2.65. The third kappa shape index (κ3) is 2.78. The summed E-state index contributed by atoms with van der Waals surface area (Å²) in [5.41, 5.74) is 8.28. The van der Waals surface area contributed by atoms with E-state index >= 15 is 0 Å². The van der Waals surface area contributed by atoms with Crippen molar-refractivity contribution >= 4 is 5.57 Å². The van der Waals surface area contributed by atoms with Gasteiger partial charge in [0.25, 0.3) is 0 Å². The molecule has 0 atom stereocenters. The minimum atomic E-state index is 1.01. The number of hydrogen-bond acceptors (Lipinski definition) is 2. The molecule has 0 amide bonds. The van der Waals surface area contributed by atoms with E-state index in [0.717, 1.165) is 38.2 Å². The van der Waals surface area contributed by atoms with E-state index in [2.05, 4.69) is 76.5 Å². The van der Waals surface area contributed by atoms with Crippen LogP contribution >= 0.6 is 0 Å². The van der Waals surface area contributed by atoms with Crippen molar-refractivity contribution in [3.05, 3.63) is 89.3 Å². The van der Waals surface area contributed by atoms with E-state index in [1.807, 2.05) is 0 Å². The van der Waals surface area contributed by atoms with Gasteiger partial charge in [0.1, 0.15) is 0 Å². The molecule has 3 nitrogen and oxygen atoms in total. The second-order valence-electron chi connectivity index (χ2n) is 7.27. The van der Waals surface area contributed by atoms with E-state index in [1.54, 1.807) is 0 Å². The predicted molar refractivity (Wildman–Crippen MR) is 105 cm³/mol. The number of para-hydroxylation sites is 1. The number of fused-ring (bicyclic) bond motifs is 2. The van der Waals surface area contributed by atoms with Crippen LogP contribution in [0.15, 0.2) is 66.9 Å². The molecule has 0 saturated carbocycles. The zero-order chi connectivity index (χ0) is 17.3. The van der Waals surface area contributed by atoms with Crippen LogP contribution in [0.1, 0.15) is 35.2 Å². The van der Waals surface area contributed by atoms with Crippen molar-refractivity contribution in [1.29, 1.82) is 0 Å². The maximum atomic E-state index is 4.69. The molecule has 26 heavy (non-hydrogen) atoms. The van der Waals surface area contributed by atoms with Crippen LogP contribution in [0.3, 0.4) is 0 Å². The first-order valence-corrected chi connectivity index (χ1v) is 9.49. The molecule has 0 radical (unpaired) electrons. The zero-order valence-electron chi connectivity index (χ0n) is 14.9. The molecule has 5 rings (SSSR count). The van der Waals surface area contributed by atoms with Gasteiger partial charge in [0.15, 0.2) is 0 Å². The average molecular weight is 341 g/mol. The van der Waals surface area contributed by atoms with Crippen LogP contribution in [0, 0.1) is 0 Å². The number of benzene rings is 2. The summed E-state index contributed by atoms with van der Waals surface area (Å²) in [5.74, 6) is 0. The van der Waals surface area contributed by atoms with Gasteiger partial charge in [0.05, 0.1) is 17.6 Å². The summed E-state index contributed by atoms with van der Waals surface area (Å²) in [6.07, 6.45) is 7.97. The molecule has 1 aliphatic carbocycles. The van der Waals surface area contributed by atoms with E-state index in [4.69, 9.17) is 5.10 Å². The molecule has 3 heteroatoms. The van der Waals surface area contributed by atoms with Crippen molar-refractivity contribution in [2.75, 3.05) is 6.54 Å². The van der Waals surface area contributed by atoms with Gasteiger partial charge in [0, 0.05) is 25.2 Å². The molecule has 0 N–H and O–H groups in total. The van der Waals surface area contributed by atoms with E-state index in [9.17, 15) is 0 Å². The lowest BCUT2D eigenvalue weighted by atomic mass is 9.92. The van der Waals surface area contributed by atoms with Crippen molar-refractivity contribution in [2.45, 2.75) is 32.4 Å². The highest BCUT2D eigenvalue weighted by Crippen LogP contribution is 2.32. The molecule has 0 saturated heterocycles. The Labute approximate surface area is 154 Å². The number of hydrogen-bond donors (Lipinski definition) is 0. The SMILES string of the molecule is C(CN1Cc2ccccc2C1)=C1CCCc2c1cnn2-c1ccccc1. The molecule has 0 spiro atoms. The van der Waals surface area contributed by atoms with E-state index in [-0.39, 0.29) is 0 Å². The number of nitrogens with zero attached hydrogens (tertiary/aromatic N) is 3. The van der Waals surface area contributed by atoms with E-state index in [0.29, 0.717) is 0 Å². The third-order valence-corrected chi connectivity index (χ3v) is 5.58. The fourth-order valence-corrected chi connectivity index (χ4v) is 4.24. The molecule has 1 aromatic heterocycles. The maximum absolute atomic E-state index is 4.69. The van der Waals surface area contributed by atoms with Crippen molar-refractivity contribution < 1.29 is 0 Å². The maximum Gasteiger partial charge on any atom is 0.0649 e. The van der Waals surface area contributed by atoms with Gasteiger partial charge in [-0.15, -0.1) is 0 Å². The molecular weight excluding hydrogens is 318 g/mol. The molecule has 3 aromatic rings. The van der Waals surface area contributed by atoms with Gasteiger partial charge in [-0.25, -0.2) is 4.68 Å². The number of rotatable bonds is 3. The smallest absolute Gasteiger partial charge is 0.0649 e.